The molecule has 7 rings (SSSR count). The van der Waals surface area contributed by atoms with Crippen LogP contribution in [0, 0.1) is 6.92 Å². The van der Waals surface area contributed by atoms with Gasteiger partial charge >= 0.3 is 6.09 Å². The van der Waals surface area contributed by atoms with Crippen molar-refractivity contribution in [2.24, 2.45) is 0 Å². The van der Waals surface area contributed by atoms with E-state index in [1.807, 2.05) is 79.5 Å². The van der Waals surface area contributed by atoms with Gasteiger partial charge in [-0.2, -0.15) is 0 Å². The first-order valence-electron chi connectivity index (χ1n) is 16.0. The van der Waals surface area contributed by atoms with Crippen molar-refractivity contribution in [3.05, 3.63) is 105 Å². The average molecular weight is 677 g/mol. The molecule has 2 unspecified atom stereocenters. The van der Waals surface area contributed by atoms with E-state index in [-0.39, 0.29) is 24.1 Å². The SMILES string of the molecule is Cc1c(-c2ccn3c(=O)c(C=O)cnc3c2)cccc1-c1cccc(-c2ccc3c(n2)N(C)CCC3N(CC2CCC(=O)N2)C(=O)O)c1Cl. The van der Waals surface area contributed by atoms with Gasteiger partial charge in [0.1, 0.15) is 11.5 Å². The van der Waals surface area contributed by atoms with Crippen LogP contribution >= 0.6 is 11.6 Å². The van der Waals surface area contributed by atoms with Gasteiger partial charge in [-0.05, 0) is 60.2 Å². The highest BCUT2D eigenvalue weighted by Gasteiger charge is 2.35. The van der Waals surface area contributed by atoms with E-state index in [9.17, 15) is 24.3 Å². The second-order valence-corrected chi connectivity index (χ2v) is 12.9. The van der Waals surface area contributed by atoms with Gasteiger partial charge in [0.2, 0.25) is 5.91 Å². The number of pyridine rings is 2. The molecule has 1 saturated heterocycles. The Morgan fingerprint density at radius 2 is 1.82 bits per heavy atom. The molecule has 248 valence electrons. The highest BCUT2D eigenvalue weighted by molar-refractivity contribution is 6.36. The van der Waals surface area contributed by atoms with Gasteiger partial charge in [-0.15, -0.1) is 0 Å². The summed E-state index contributed by atoms with van der Waals surface area (Å²) in [6.45, 7) is 2.86. The Hall–Kier alpha value is -5.55. The molecule has 49 heavy (non-hydrogen) atoms. The van der Waals surface area contributed by atoms with Crippen LogP contribution in [0.2, 0.25) is 5.02 Å². The van der Waals surface area contributed by atoms with Crippen LogP contribution in [0.3, 0.4) is 0 Å². The standard InChI is InChI=1S/C37H33ClN6O5/c1-21-25(22-13-16-43-32(17-22)39-18-23(20-45)36(43)47)5-3-6-26(21)27-7-4-8-28(34(27)38)30-11-10-29-31(14-15-42(2)35(29)41-30)44(37(48)49)19-24-9-12-33(46)40-24/h3-8,10-11,13,16-18,20,24,31H,9,12,14-15,19H2,1-2H3,(H,40,46)(H,48,49). The van der Waals surface area contributed by atoms with Crippen molar-refractivity contribution in [1.29, 1.82) is 0 Å². The first kappa shape index (κ1) is 32.0. The number of benzene rings is 2. The Morgan fingerprint density at radius 1 is 1.06 bits per heavy atom. The fraction of sp³-hybridized carbons (Fsp3) is 0.243. The Bertz CT molecular complexity index is 2220. The van der Waals surface area contributed by atoms with Crippen LogP contribution in [-0.2, 0) is 4.79 Å². The first-order valence-corrected chi connectivity index (χ1v) is 16.4. The Labute approximate surface area is 286 Å². The number of aromatic nitrogens is 3. The molecule has 0 saturated carbocycles. The number of nitrogens with one attached hydrogen (secondary N) is 1. The summed E-state index contributed by atoms with van der Waals surface area (Å²) < 4.78 is 1.35. The monoisotopic (exact) mass is 676 g/mol. The van der Waals surface area contributed by atoms with Gasteiger partial charge in [0.05, 0.1) is 22.3 Å². The fourth-order valence-electron chi connectivity index (χ4n) is 6.98. The maximum atomic E-state index is 12.6. The Kier molecular flexibility index (Phi) is 8.37. The molecule has 2 aliphatic heterocycles. The zero-order valence-corrected chi connectivity index (χ0v) is 27.6. The quantitative estimate of drug-likeness (QED) is 0.200. The van der Waals surface area contributed by atoms with Gasteiger partial charge < -0.3 is 15.3 Å². The summed E-state index contributed by atoms with van der Waals surface area (Å²) in [5, 5.41) is 13.6. The van der Waals surface area contributed by atoms with Crippen molar-refractivity contribution >= 4 is 41.4 Å². The molecule has 2 aliphatic rings. The molecule has 2 atom stereocenters. The van der Waals surface area contributed by atoms with Gasteiger partial charge in [0.15, 0.2) is 6.29 Å². The van der Waals surface area contributed by atoms with Gasteiger partial charge in [0.25, 0.3) is 5.56 Å². The topological polar surface area (TPSA) is 137 Å². The summed E-state index contributed by atoms with van der Waals surface area (Å²) in [5.74, 6) is 0.643. The number of amides is 2. The number of rotatable bonds is 7. The zero-order chi connectivity index (χ0) is 34.4. The van der Waals surface area contributed by atoms with Crippen LogP contribution in [0.25, 0.3) is 39.2 Å². The van der Waals surface area contributed by atoms with Gasteiger partial charge in [-0.3, -0.25) is 23.7 Å². The van der Waals surface area contributed by atoms with E-state index in [1.165, 1.54) is 15.5 Å². The molecule has 5 heterocycles. The third kappa shape index (κ3) is 5.80. The predicted octanol–water partition coefficient (Wildman–Crippen LogP) is 6.00. The molecule has 2 aromatic carbocycles. The predicted molar refractivity (Wildman–Crippen MR) is 187 cm³/mol. The van der Waals surface area contributed by atoms with Gasteiger partial charge in [-0.25, -0.2) is 14.8 Å². The van der Waals surface area contributed by atoms with Gasteiger partial charge in [0, 0.05) is 61.7 Å². The van der Waals surface area contributed by atoms with Crippen LogP contribution in [0.4, 0.5) is 10.6 Å². The third-order valence-electron chi connectivity index (χ3n) is 9.56. The van der Waals surface area contributed by atoms with Gasteiger partial charge in [-0.1, -0.05) is 54.1 Å². The molecule has 12 heteroatoms. The average Bonchev–Trinajstić information content (AvgIpc) is 3.52. The minimum atomic E-state index is -1.03. The Morgan fingerprint density at radius 3 is 2.55 bits per heavy atom. The third-order valence-corrected chi connectivity index (χ3v) is 9.97. The van der Waals surface area contributed by atoms with Crippen molar-refractivity contribution in [2.45, 2.75) is 38.3 Å². The number of carbonyl (C=O) groups is 3. The van der Waals surface area contributed by atoms with Crippen molar-refractivity contribution in [3.8, 4) is 33.5 Å². The molecule has 0 radical (unpaired) electrons. The van der Waals surface area contributed by atoms with Crippen LogP contribution in [0.15, 0.2) is 77.9 Å². The van der Waals surface area contributed by atoms with Crippen LogP contribution in [0.1, 0.15) is 46.8 Å². The summed E-state index contributed by atoms with van der Waals surface area (Å²) in [7, 11) is 1.95. The minimum absolute atomic E-state index is 0.00401. The van der Waals surface area contributed by atoms with Crippen molar-refractivity contribution in [2.75, 3.05) is 25.0 Å². The van der Waals surface area contributed by atoms with E-state index in [0.29, 0.717) is 54.3 Å². The molecule has 1 fully saturated rings. The summed E-state index contributed by atoms with van der Waals surface area (Å²) in [6.07, 6.45) is 4.01. The fourth-order valence-corrected chi connectivity index (χ4v) is 7.31. The number of carboxylic acid groups (broad SMARTS) is 1. The number of hydrogen-bond acceptors (Lipinski definition) is 7. The summed E-state index contributed by atoms with van der Waals surface area (Å²) in [6, 6.07) is 18.7. The molecule has 11 nitrogen and oxygen atoms in total. The van der Waals surface area contributed by atoms with Crippen LogP contribution < -0.4 is 15.8 Å². The van der Waals surface area contributed by atoms with E-state index < -0.39 is 17.7 Å². The summed E-state index contributed by atoms with van der Waals surface area (Å²) in [4.78, 5) is 60.8. The van der Waals surface area contributed by atoms with E-state index in [1.54, 1.807) is 6.20 Å². The van der Waals surface area contributed by atoms with E-state index in [0.717, 1.165) is 38.9 Å². The smallest absolute Gasteiger partial charge is 0.407 e. The number of anilines is 1. The highest BCUT2D eigenvalue weighted by atomic mass is 35.5. The Balaban J connectivity index is 1.23. The largest absolute Gasteiger partial charge is 0.465 e. The first-order chi connectivity index (χ1) is 23.6. The molecular formula is C37H33ClN6O5. The number of hydrogen-bond donors (Lipinski definition) is 2. The van der Waals surface area contributed by atoms with Crippen LogP contribution in [0.5, 0.6) is 0 Å². The maximum absolute atomic E-state index is 12.6. The lowest BCUT2D eigenvalue weighted by molar-refractivity contribution is -0.119. The summed E-state index contributed by atoms with van der Waals surface area (Å²) in [5.41, 5.74) is 6.76. The molecule has 3 aromatic heterocycles. The second-order valence-electron chi connectivity index (χ2n) is 12.5. The molecule has 2 amide bonds. The normalized spacial score (nSPS) is 17.1. The van der Waals surface area contributed by atoms with Crippen molar-refractivity contribution < 1.29 is 19.5 Å². The molecule has 2 N–H and O–H groups in total. The molecule has 0 aliphatic carbocycles. The minimum Gasteiger partial charge on any atom is -0.465 e. The highest BCUT2D eigenvalue weighted by Crippen LogP contribution is 2.42. The number of nitrogens with zero attached hydrogens (tertiary/aromatic N) is 5. The molecule has 0 bridgehead atoms. The second kappa shape index (κ2) is 12.8. The molecule has 5 aromatic rings. The molecular weight excluding hydrogens is 644 g/mol. The van der Waals surface area contributed by atoms with Crippen molar-refractivity contribution in [3.63, 3.8) is 0 Å². The summed E-state index contributed by atoms with van der Waals surface area (Å²) >= 11 is 7.17. The number of carbonyl (C=O) groups excluding carboxylic acids is 2. The van der Waals surface area contributed by atoms with E-state index >= 15 is 0 Å². The maximum Gasteiger partial charge on any atom is 0.407 e. The van der Waals surface area contributed by atoms with Crippen molar-refractivity contribution in [1.82, 2.24) is 24.6 Å². The number of aldehydes is 1. The lowest BCUT2D eigenvalue weighted by Gasteiger charge is -2.38. The number of fused-ring (bicyclic) bond motifs is 2. The molecule has 0 spiro atoms. The number of halogens is 1. The lowest BCUT2D eigenvalue weighted by atomic mass is 9.91. The lowest BCUT2D eigenvalue weighted by Crippen LogP contribution is -2.45. The zero-order valence-electron chi connectivity index (χ0n) is 26.9. The van der Waals surface area contributed by atoms with E-state index in [4.69, 9.17) is 16.6 Å². The van der Waals surface area contributed by atoms with E-state index in [2.05, 4.69) is 10.3 Å². The van der Waals surface area contributed by atoms with Crippen LogP contribution in [-0.4, -0.2) is 68.8 Å².